The predicted molar refractivity (Wildman–Crippen MR) is 96.7 cm³/mol. The Morgan fingerprint density at radius 1 is 1.12 bits per heavy atom. The Morgan fingerprint density at radius 3 is 2.80 bits per heavy atom. The van der Waals surface area contributed by atoms with E-state index in [9.17, 15) is 4.79 Å². The molecular formula is C21H19N3O. The number of nitrogens with one attached hydrogen (secondary N) is 1. The maximum Gasteiger partial charge on any atom is 0.252 e. The van der Waals surface area contributed by atoms with Crippen LogP contribution in [-0.4, -0.2) is 30.4 Å². The molecule has 0 aromatic heterocycles. The number of amides is 1. The van der Waals surface area contributed by atoms with Gasteiger partial charge in [-0.05, 0) is 35.7 Å². The summed E-state index contributed by atoms with van der Waals surface area (Å²) in [6.07, 6.45) is 1.06. The third-order valence-electron chi connectivity index (χ3n) is 4.23. The van der Waals surface area contributed by atoms with Crippen LogP contribution in [-0.2, 0) is 13.0 Å². The molecule has 0 radical (unpaired) electrons. The molecule has 2 aromatic rings. The van der Waals surface area contributed by atoms with E-state index in [1.54, 1.807) is 24.3 Å². The fourth-order valence-electron chi connectivity index (χ4n) is 2.88. The molecule has 1 amide bonds. The van der Waals surface area contributed by atoms with E-state index in [1.807, 2.05) is 6.07 Å². The lowest BCUT2D eigenvalue weighted by atomic mass is 10.0. The van der Waals surface area contributed by atoms with Gasteiger partial charge in [0.05, 0.1) is 24.7 Å². The topological polar surface area (TPSA) is 56.1 Å². The lowest BCUT2D eigenvalue weighted by molar-refractivity contribution is 0.0958. The number of carbonyl (C=O) groups excluding carboxylic acids is 1. The molecule has 0 saturated heterocycles. The number of benzene rings is 2. The second kappa shape index (κ2) is 8.15. The average molecular weight is 329 g/mol. The van der Waals surface area contributed by atoms with Gasteiger partial charge in [-0.3, -0.25) is 9.69 Å². The Bertz CT molecular complexity index is 870. The molecule has 3 rings (SSSR count). The van der Waals surface area contributed by atoms with Crippen LogP contribution in [0.5, 0.6) is 0 Å². The van der Waals surface area contributed by atoms with Crippen molar-refractivity contribution in [1.82, 2.24) is 10.2 Å². The molecule has 2 aromatic carbocycles. The smallest absolute Gasteiger partial charge is 0.252 e. The number of hydrogen-bond acceptors (Lipinski definition) is 3. The van der Waals surface area contributed by atoms with Gasteiger partial charge in [0.1, 0.15) is 0 Å². The molecule has 0 fully saturated rings. The summed E-state index contributed by atoms with van der Waals surface area (Å²) in [5, 5.41) is 11.6. The summed E-state index contributed by atoms with van der Waals surface area (Å²) in [5.41, 5.74) is 3.76. The number of hydrogen-bond donors (Lipinski definition) is 1. The van der Waals surface area contributed by atoms with Crippen molar-refractivity contribution in [3.8, 4) is 17.9 Å². The quantitative estimate of drug-likeness (QED) is 0.880. The number of nitriles is 1. The zero-order chi connectivity index (χ0) is 17.5. The monoisotopic (exact) mass is 329 g/mol. The van der Waals surface area contributed by atoms with Gasteiger partial charge in [0.15, 0.2) is 0 Å². The maximum atomic E-state index is 12.0. The number of carbonyl (C=O) groups is 1. The zero-order valence-electron chi connectivity index (χ0n) is 14.0. The normalized spacial score (nSPS) is 13.1. The molecule has 0 spiro atoms. The molecule has 1 aliphatic rings. The van der Waals surface area contributed by atoms with Crippen molar-refractivity contribution in [2.24, 2.45) is 0 Å². The first-order valence-electron chi connectivity index (χ1n) is 8.29. The van der Waals surface area contributed by atoms with Crippen molar-refractivity contribution in [3.63, 3.8) is 0 Å². The molecule has 4 nitrogen and oxygen atoms in total. The molecule has 0 aliphatic carbocycles. The number of nitrogens with zero attached hydrogens (tertiary/aromatic N) is 2. The van der Waals surface area contributed by atoms with Crippen molar-refractivity contribution < 1.29 is 4.79 Å². The second-order valence-electron chi connectivity index (χ2n) is 5.96. The standard InChI is InChI=1S/C21H19N3O/c22-15-17-6-5-9-19(14-17)21(25)23-11-3-4-12-24-13-10-18-7-1-2-8-20(18)16-24/h1-2,5-9,14H,10-13,16H2,(H,23,25). The minimum absolute atomic E-state index is 0.210. The van der Waals surface area contributed by atoms with Crippen LogP contribution in [0.15, 0.2) is 48.5 Å². The highest BCUT2D eigenvalue weighted by atomic mass is 16.1. The molecule has 0 bridgehead atoms. The molecule has 1 N–H and O–H groups in total. The van der Waals surface area contributed by atoms with E-state index in [-0.39, 0.29) is 5.91 Å². The summed E-state index contributed by atoms with van der Waals surface area (Å²) in [5.74, 6) is 5.91. The van der Waals surface area contributed by atoms with Gasteiger partial charge < -0.3 is 5.32 Å². The fraction of sp³-hybridized carbons (Fsp3) is 0.238. The van der Waals surface area contributed by atoms with Crippen LogP contribution in [0.1, 0.15) is 27.0 Å². The Labute approximate surface area is 148 Å². The summed E-state index contributed by atoms with van der Waals surface area (Å²) < 4.78 is 0. The van der Waals surface area contributed by atoms with E-state index in [4.69, 9.17) is 5.26 Å². The van der Waals surface area contributed by atoms with Gasteiger partial charge in [-0.15, -0.1) is 0 Å². The number of fused-ring (bicyclic) bond motifs is 1. The van der Waals surface area contributed by atoms with Gasteiger partial charge in [0, 0.05) is 18.7 Å². The summed E-state index contributed by atoms with van der Waals surface area (Å²) in [4.78, 5) is 14.3. The maximum absolute atomic E-state index is 12.0. The van der Waals surface area contributed by atoms with Gasteiger partial charge in [-0.25, -0.2) is 0 Å². The Balaban J connectivity index is 1.46. The molecule has 0 saturated carbocycles. The third-order valence-corrected chi connectivity index (χ3v) is 4.23. The first kappa shape index (κ1) is 16.8. The van der Waals surface area contributed by atoms with Crippen LogP contribution in [0.25, 0.3) is 0 Å². The molecule has 1 heterocycles. The van der Waals surface area contributed by atoms with Gasteiger partial charge >= 0.3 is 0 Å². The van der Waals surface area contributed by atoms with Crippen molar-refractivity contribution in [1.29, 1.82) is 5.26 Å². The largest absolute Gasteiger partial charge is 0.341 e. The van der Waals surface area contributed by atoms with Crippen LogP contribution in [0.2, 0.25) is 0 Å². The molecule has 0 unspecified atom stereocenters. The SMILES string of the molecule is N#Cc1cccc(C(=O)NCC#CCN2CCc3ccccc3C2)c1. The molecular weight excluding hydrogens is 310 g/mol. The van der Waals surface area contributed by atoms with Crippen LogP contribution in [0.4, 0.5) is 0 Å². The van der Waals surface area contributed by atoms with E-state index in [0.717, 1.165) is 19.5 Å². The molecule has 0 atom stereocenters. The van der Waals surface area contributed by atoms with E-state index >= 15 is 0 Å². The Kier molecular flexibility index (Phi) is 5.46. The highest BCUT2D eigenvalue weighted by molar-refractivity contribution is 5.94. The van der Waals surface area contributed by atoms with Gasteiger partial charge in [-0.2, -0.15) is 5.26 Å². The molecule has 25 heavy (non-hydrogen) atoms. The third kappa shape index (κ3) is 4.47. The van der Waals surface area contributed by atoms with E-state index in [2.05, 4.69) is 46.3 Å². The van der Waals surface area contributed by atoms with E-state index < -0.39 is 0 Å². The Morgan fingerprint density at radius 2 is 1.96 bits per heavy atom. The summed E-state index contributed by atoms with van der Waals surface area (Å²) in [6, 6.07) is 17.2. The zero-order valence-corrected chi connectivity index (χ0v) is 14.0. The highest BCUT2D eigenvalue weighted by Crippen LogP contribution is 2.17. The second-order valence-corrected chi connectivity index (χ2v) is 5.96. The van der Waals surface area contributed by atoms with E-state index in [0.29, 0.717) is 24.2 Å². The summed E-state index contributed by atoms with van der Waals surface area (Å²) in [6.45, 7) is 2.95. The molecule has 1 aliphatic heterocycles. The van der Waals surface area contributed by atoms with Crippen molar-refractivity contribution in [2.75, 3.05) is 19.6 Å². The minimum atomic E-state index is -0.210. The van der Waals surface area contributed by atoms with Crippen molar-refractivity contribution >= 4 is 5.91 Å². The van der Waals surface area contributed by atoms with Crippen molar-refractivity contribution in [2.45, 2.75) is 13.0 Å². The lowest BCUT2D eigenvalue weighted by Gasteiger charge is -2.26. The average Bonchev–Trinajstić information content (AvgIpc) is 2.67. The van der Waals surface area contributed by atoms with Gasteiger partial charge in [0.2, 0.25) is 0 Å². The Hall–Kier alpha value is -3.08. The number of rotatable bonds is 3. The minimum Gasteiger partial charge on any atom is -0.341 e. The summed E-state index contributed by atoms with van der Waals surface area (Å²) in [7, 11) is 0. The van der Waals surface area contributed by atoms with Crippen LogP contribution < -0.4 is 5.32 Å². The van der Waals surface area contributed by atoms with Crippen molar-refractivity contribution in [3.05, 3.63) is 70.8 Å². The summed E-state index contributed by atoms with van der Waals surface area (Å²) >= 11 is 0. The predicted octanol–water partition coefficient (Wildman–Crippen LogP) is 2.35. The molecule has 124 valence electrons. The van der Waals surface area contributed by atoms with Crippen LogP contribution >= 0.6 is 0 Å². The molecule has 4 heteroatoms. The van der Waals surface area contributed by atoms with Crippen LogP contribution in [0, 0.1) is 23.2 Å². The fourth-order valence-corrected chi connectivity index (χ4v) is 2.88. The van der Waals surface area contributed by atoms with Gasteiger partial charge in [0.25, 0.3) is 5.91 Å². The first-order valence-corrected chi connectivity index (χ1v) is 8.29. The lowest BCUT2D eigenvalue weighted by Crippen LogP contribution is -2.31. The van der Waals surface area contributed by atoms with E-state index in [1.165, 1.54) is 11.1 Å². The van der Waals surface area contributed by atoms with Gasteiger partial charge in [-0.1, -0.05) is 42.2 Å². The highest BCUT2D eigenvalue weighted by Gasteiger charge is 2.14. The first-order chi connectivity index (χ1) is 12.3. The van der Waals surface area contributed by atoms with Crippen LogP contribution in [0.3, 0.4) is 0 Å².